The molecule has 4 N–H and O–H groups in total. The van der Waals surface area contributed by atoms with Crippen molar-refractivity contribution in [2.24, 2.45) is 16.6 Å². The summed E-state index contributed by atoms with van der Waals surface area (Å²) in [6.45, 7) is 3.36. The number of hydrogen-bond acceptors (Lipinski definition) is 4. The predicted molar refractivity (Wildman–Crippen MR) is 129 cm³/mol. The van der Waals surface area contributed by atoms with Gasteiger partial charge in [-0.3, -0.25) is 14.7 Å². The third-order valence-electron chi connectivity index (χ3n) is 6.42. The van der Waals surface area contributed by atoms with Gasteiger partial charge in [-0.05, 0) is 49.8 Å². The number of hydrogen-bond donors (Lipinski definition) is 3. The topological polar surface area (TPSA) is 92.0 Å². The van der Waals surface area contributed by atoms with E-state index in [9.17, 15) is 4.79 Å². The Bertz CT molecular complexity index is 759. The van der Waals surface area contributed by atoms with E-state index in [1.165, 1.54) is 17.5 Å². The second kappa shape index (κ2) is 10.8. The highest BCUT2D eigenvalue weighted by atomic mass is 127. The van der Waals surface area contributed by atoms with E-state index < -0.39 is 0 Å². The summed E-state index contributed by atoms with van der Waals surface area (Å²) in [7, 11) is 1.81. The van der Waals surface area contributed by atoms with E-state index in [1.54, 1.807) is 0 Å². The second-order valence-electron chi connectivity index (χ2n) is 8.58. The molecule has 0 spiro atoms. The van der Waals surface area contributed by atoms with Crippen molar-refractivity contribution in [3.8, 4) is 0 Å². The van der Waals surface area contributed by atoms with Crippen LogP contribution in [0, 0.1) is 5.92 Å². The van der Waals surface area contributed by atoms with Gasteiger partial charge >= 0.3 is 0 Å². The van der Waals surface area contributed by atoms with Gasteiger partial charge < -0.3 is 21.1 Å². The summed E-state index contributed by atoms with van der Waals surface area (Å²) >= 11 is 0. The van der Waals surface area contributed by atoms with Crippen molar-refractivity contribution in [3.63, 3.8) is 0 Å². The number of piperidine rings is 1. The standard InChI is InChI=1S/C22H33N5O2.HI/c1-24-22(26-19-11-18-7-8-20(19)29-18)25-12-15-4-2-5-16(10-15)13-27-9-3-6-17(14-27)21(23)28;/h2,4-5,10,17-20H,3,6-9,11-14H2,1H3,(H2,23,28)(H2,24,25,26);1H. The van der Waals surface area contributed by atoms with Gasteiger partial charge in [0.05, 0.1) is 24.2 Å². The van der Waals surface area contributed by atoms with E-state index in [2.05, 4.69) is 44.8 Å². The molecule has 0 aromatic heterocycles. The fourth-order valence-electron chi connectivity index (χ4n) is 4.87. The van der Waals surface area contributed by atoms with E-state index in [0.717, 1.165) is 57.8 Å². The number of likely N-dealkylation sites (tertiary alicyclic amines) is 1. The van der Waals surface area contributed by atoms with Crippen LogP contribution in [0.4, 0.5) is 0 Å². The lowest BCUT2D eigenvalue weighted by Gasteiger charge is -2.31. The molecule has 3 fully saturated rings. The number of nitrogens with two attached hydrogens (primary N) is 1. The zero-order valence-electron chi connectivity index (χ0n) is 17.7. The van der Waals surface area contributed by atoms with Gasteiger partial charge in [0.15, 0.2) is 5.96 Å². The van der Waals surface area contributed by atoms with Crippen molar-refractivity contribution < 1.29 is 9.53 Å². The summed E-state index contributed by atoms with van der Waals surface area (Å²) in [4.78, 5) is 18.2. The zero-order chi connectivity index (χ0) is 20.2. The fraction of sp³-hybridized carbons (Fsp3) is 0.636. The number of halogens is 1. The minimum absolute atomic E-state index is 0. The van der Waals surface area contributed by atoms with Crippen LogP contribution in [0.5, 0.6) is 0 Å². The molecule has 0 aliphatic carbocycles. The molecule has 0 radical (unpaired) electrons. The minimum atomic E-state index is -0.174. The lowest BCUT2D eigenvalue weighted by atomic mass is 9.96. The molecule has 3 aliphatic rings. The van der Waals surface area contributed by atoms with Crippen molar-refractivity contribution in [3.05, 3.63) is 35.4 Å². The van der Waals surface area contributed by atoms with Gasteiger partial charge in [-0.15, -0.1) is 24.0 Å². The van der Waals surface area contributed by atoms with Crippen LogP contribution in [0.3, 0.4) is 0 Å². The molecule has 0 saturated carbocycles. The van der Waals surface area contributed by atoms with Crippen LogP contribution in [0.15, 0.2) is 29.3 Å². The van der Waals surface area contributed by atoms with Crippen molar-refractivity contribution in [1.82, 2.24) is 15.5 Å². The number of fused-ring (bicyclic) bond motifs is 2. The number of primary amides is 1. The smallest absolute Gasteiger partial charge is 0.221 e. The first-order valence-corrected chi connectivity index (χ1v) is 10.8. The second-order valence-corrected chi connectivity index (χ2v) is 8.58. The molecule has 3 saturated heterocycles. The van der Waals surface area contributed by atoms with Gasteiger partial charge in [-0.2, -0.15) is 0 Å². The monoisotopic (exact) mass is 527 g/mol. The van der Waals surface area contributed by atoms with Crippen molar-refractivity contribution in [2.75, 3.05) is 20.1 Å². The summed E-state index contributed by atoms with van der Waals surface area (Å²) in [5.41, 5.74) is 7.99. The van der Waals surface area contributed by atoms with Gasteiger partial charge in [0.1, 0.15) is 0 Å². The van der Waals surface area contributed by atoms with Crippen molar-refractivity contribution in [2.45, 2.75) is 63.4 Å². The molecule has 30 heavy (non-hydrogen) atoms. The van der Waals surface area contributed by atoms with Crippen LogP contribution in [0.1, 0.15) is 43.2 Å². The van der Waals surface area contributed by atoms with E-state index in [1.807, 2.05) is 7.05 Å². The highest BCUT2D eigenvalue weighted by Gasteiger charge is 2.41. The molecule has 7 nitrogen and oxygen atoms in total. The van der Waals surface area contributed by atoms with E-state index in [4.69, 9.17) is 10.5 Å². The molecular formula is C22H34IN5O2. The number of amides is 1. The molecule has 8 heteroatoms. The van der Waals surface area contributed by atoms with Crippen molar-refractivity contribution in [1.29, 1.82) is 0 Å². The number of rotatable bonds is 6. The summed E-state index contributed by atoms with van der Waals surface area (Å²) in [6, 6.07) is 8.98. The first kappa shape index (κ1) is 23.3. The molecule has 2 bridgehead atoms. The zero-order valence-corrected chi connectivity index (χ0v) is 20.0. The van der Waals surface area contributed by atoms with Crippen LogP contribution in [-0.2, 0) is 22.6 Å². The van der Waals surface area contributed by atoms with Crippen LogP contribution in [0.2, 0.25) is 0 Å². The highest BCUT2D eigenvalue weighted by Crippen LogP contribution is 2.34. The Morgan fingerprint density at radius 3 is 2.83 bits per heavy atom. The maximum absolute atomic E-state index is 11.5. The van der Waals surface area contributed by atoms with E-state index >= 15 is 0 Å². The lowest BCUT2D eigenvalue weighted by Crippen LogP contribution is -2.47. The Balaban J connectivity index is 0.00000256. The molecule has 3 aliphatic heterocycles. The Morgan fingerprint density at radius 1 is 1.30 bits per heavy atom. The number of carbonyl (C=O) groups is 1. The number of benzene rings is 1. The quantitative estimate of drug-likeness (QED) is 0.299. The van der Waals surface area contributed by atoms with Crippen LogP contribution in [-0.4, -0.2) is 55.2 Å². The Morgan fingerprint density at radius 2 is 2.13 bits per heavy atom. The Hall–Kier alpha value is -1.39. The molecule has 4 rings (SSSR count). The molecule has 4 unspecified atom stereocenters. The van der Waals surface area contributed by atoms with Gasteiger partial charge in [-0.25, -0.2) is 0 Å². The number of guanidine groups is 1. The van der Waals surface area contributed by atoms with Crippen molar-refractivity contribution >= 4 is 35.8 Å². The first-order chi connectivity index (χ1) is 14.1. The minimum Gasteiger partial charge on any atom is -0.373 e. The molecule has 1 aromatic carbocycles. The average molecular weight is 527 g/mol. The summed E-state index contributed by atoms with van der Waals surface area (Å²) < 4.78 is 5.92. The normalized spacial score (nSPS) is 28.8. The summed E-state index contributed by atoms with van der Waals surface area (Å²) in [5, 5.41) is 6.96. The SMILES string of the molecule is CN=C(NCc1cccc(CN2CCCC(C(N)=O)C2)c1)NC1CC2CCC1O2.I. The Labute approximate surface area is 196 Å². The summed E-state index contributed by atoms with van der Waals surface area (Å²) in [6.07, 6.45) is 6.11. The maximum atomic E-state index is 11.5. The molecule has 4 atom stereocenters. The fourth-order valence-corrected chi connectivity index (χ4v) is 4.87. The third kappa shape index (κ3) is 5.85. The van der Waals surface area contributed by atoms with Gasteiger partial charge in [0.2, 0.25) is 5.91 Å². The predicted octanol–water partition coefficient (Wildman–Crippen LogP) is 1.99. The number of carbonyl (C=O) groups excluding carboxylic acids is 1. The maximum Gasteiger partial charge on any atom is 0.221 e. The number of nitrogens with one attached hydrogen (secondary N) is 2. The summed E-state index contributed by atoms with van der Waals surface area (Å²) in [5.74, 6) is 0.641. The highest BCUT2D eigenvalue weighted by molar-refractivity contribution is 14.0. The van der Waals surface area contributed by atoms with Crippen LogP contribution >= 0.6 is 24.0 Å². The number of nitrogens with zero attached hydrogens (tertiary/aromatic N) is 2. The lowest BCUT2D eigenvalue weighted by molar-refractivity contribution is -0.123. The van der Waals surface area contributed by atoms with Gasteiger partial charge in [0.25, 0.3) is 0 Å². The molecule has 3 heterocycles. The van der Waals surface area contributed by atoms with Gasteiger partial charge in [0, 0.05) is 26.7 Å². The molecule has 1 aromatic rings. The van der Waals surface area contributed by atoms with Crippen LogP contribution in [0.25, 0.3) is 0 Å². The van der Waals surface area contributed by atoms with Gasteiger partial charge in [-0.1, -0.05) is 24.3 Å². The van der Waals surface area contributed by atoms with E-state index in [-0.39, 0.29) is 35.8 Å². The van der Waals surface area contributed by atoms with Crippen LogP contribution < -0.4 is 16.4 Å². The molecular weight excluding hydrogens is 493 g/mol. The first-order valence-electron chi connectivity index (χ1n) is 10.8. The third-order valence-corrected chi connectivity index (χ3v) is 6.42. The Kier molecular flexibility index (Phi) is 8.35. The number of ether oxygens (including phenoxy) is 1. The average Bonchev–Trinajstić information content (AvgIpc) is 3.35. The number of aliphatic imine (C=N–C) groups is 1. The molecule has 1 amide bonds. The molecule has 166 valence electrons. The largest absolute Gasteiger partial charge is 0.373 e. The van der Waals surface area contributed by atoms with E-state index in [0.29, 0.717) is 18.2 Å².